The van der Waals surface area contributed by atoms with Crippen LogP contribution in [0, 0.1) is 10.1 Å². The zero-order valence-electron chi connectivity index (χ0n) is 18.1. The third-order valence-corrected chi connectivity index (χ3v) is 5.73. The Balaban J connectivity index is 1.71. The summed E-state index contributed by atoms with van der Waals surface area (Å²) < 4.78 is 6.79. The zero-order chi connectivity index (χ0) is 22.7. The highest BCUT2D eigenvalue weighted by Crippen LogP contribution is 2.26. The van der Waals surface area contributed by atoms with Crippen molar-refractivity contribution in [3.8, 4) is 22.7 Å². The summed E-state index contributed by atoms with van der Waals surface area (Å²) in [4.78, 5) is 28.2. The van der Waals surface area contributed by atoms with Gasteiger partial charge in [0.25, 0.3) is 11.6 Å². The van der Waals surface area contributed by atoms with E-state index >= 15 is 0 Å². The number of non-ortho nitro benzene ring substituents is 1. The van der Waals surface area contributed by atoms with Crippen LogP contribution in [-0.2, 0) is 0 Å². The lowest BCUT2D eigenvalue weighted by Gasteiger charge is -2.34. The first-order valence-corrected chi connectivity index (χ1v) is 10.5. The molecule has 0 bridgehead atoms. The number of amides is 1. The van der Waals surface area contributed by atoms with Crippen LogP contribution in [0.15, 0.2) is 54.6 Å². The van der Waals surface area contributed by atoms with Crippen molar-refractivity contribution in [2.24, 2.45) is 0 Å². The first-order valence-electron chi connectivity index (χ1n) is 10.5. The molecule has 1 saturated heterocycles. The molecule has 1 fully saturated rings. The van der Waals surface area contributed by atoms with Gasteiger partial charge in [-0.1, -0.05) is 6.92 Å². The van der Waals surface area contributed by atoms with Crippen molar-refractivity contribution in [1.29, 1.82) is 0 Å². The molecule has 4 rings (SSSR count). The Kier molecular flexibility index (Phi) is 6.18. The van der Waals surface area contributed by atoms with Gasteiger partial charge in [-0.05, 0) is 49.0 Å². The standard InChI is InChI=1S/C23H25N5O4/c1-3-25-12-14-26(15-13-25)23(29)22-16-21(17-4-10-20(32-2)11-5-17)24-27(22)18-6-8-19(9-7-18)28(30)31/h4-11,16H,3,12-15H2,1-2H3. The Bertz CT molecular complexity index is 1100. The van der Waals surface area contributed by atoms with E-state index in [1.165, 1.54) is 12.1 Å². The predicted octanol–water partition coefficient (Wildman–Crippen LogP) is 3.23. The van der Waals surface area contributed by atoms with E-state index in [1.54, 1.807) is 30.0 Å². The van der Waals surface area contributed by atoms with Crippen LogP contribution in [0.1, 0.15) is 17.4 Å². The van der Waals surface area contributed by atoms with Crippen LogP contribution in [0.25, 0.3) is 16.9 Å². The van der Waals surface area contributed by atoms with Gasteiger partial charge in [-0.15, -0.1) is 0 Å². The summed E-state index contributed by atoms with van der Waals surface area (Å²) in [6, 6.07) is 15.3. The number of nitrogens with zero attached hydrogens (tertiary/aromatic N) is 5. The van der Waals surface area contributed by atoms with E-state index in [-0.39, 0.29) is 11.6 Å². The number of hydrogen-bond donors (Lipinski definition) is 0. The van der Waals surface area contributed by atoms with Gasteiger partial charge in [0.2, 0.25) is 0 Å². The number of likely N-dealkylation sites (N-methyl/N-ethyl adjacent to an activating group) is 1. The molecule has 0 spiro atoms. The van der Waals surface area contributed by atoms with Gasteiger partial charge in [-0.3, -0.25) is 14.9 Å². The van der Waals surface area contributed by atoms with Crippen LogP contribution in [0.4, 0.5) is 5.69 Å². The van der Waals surface area contributed by atoms with E-state index in [0.29, 0.717) is 30.2 Å². The topological polar surface area (TPSA) is 93.7 Å². The van der Waals surface area contributed by atoms with Crippen molar-refractivity contribution >= 4 is 11.6 Å². The number of nitro benzene ring substituents is 1. The summed E-state index contributed by atoms with van der Waals surface area (Å²) in [6.07, 6.45) is 0. The second kappa shape index (κ2) is 9.19. The minimum atomic E-state index is -0.449. The smallest absolute Gasteiger partial charge is 0.272 e. The molecule has 0 radical (unpaired) electrons. The molecule has 0 aliphatic carbocycles. The van der Waals surface area contributed by atoms with Crippen molar-refractivity contribution in [3.05, 3.63) is 70.4 Å². The SMILES string of the molecule is CCN1CCN(C(=O)c2cc(-c3ccc(OC)cc3)nn2-c2ccc([N+](=O)[O-])cc2)CC1. The largest absolute Gasteiger partial charge is 0.497 e. The van der Waals surface area contributed by atoms with Crippen LogP contribution in [0.5, 0.6) is 5.75 Å². The third kappa shape index (κ3) is 4.33. The molecule has 1 aliphatic rings. The lowest BCUT2D eigenvalue weighted by atomic mass is 10.1. The Morgan fingerprint density at radius 2 is 1.72 bits per heavy atom. The zero-order valence-corrected chi connectivity index (χ0v) is 18.1. The van der Waals surface area contributed by atoms with Crippen molar-refractivity contribution in [2.75, 3.05) is 39.8 Å². The average molecular weight is 435 g/mol. The second-order valence-electron chi connectivity index (χ2n) is 7.56. The molecule has 1 amide bonds. The Hall–Kier alpha value is -3.72. The van der Waals surface area contributed by atoms with Crippen molar-refractivity contribution in [2.45, 2.75) is 6.92 Å². The molecule has 9 nitrogen and oxygen atoms in total. The van der Waals surface area contributed by atoms with Gasteiger partial charge in [0.15, 0.2) is 0 Å². The third-order valence-electron chi connectivity index (χ3n) is 5.73. The molecule has 0 N–H and O–H groups in total. The molecule has 0 unspecified atom stereocenters. The Morgan fingerprint density at radius 3 is 2.28 bits per heavy atom. The summed E-state index contributed by atoms with van der Waals surface area (Å²) >= 11 is 0. The minimum absolute atomic E-state index is 0.0140. The lowest BCUT2D eigenvalue weighted by Crippen LogP contribution is -2.48. The first kappa shape index (κ1) is 21.5. The Morgan fingerprint density at radius 1 is 1.06 bits per heavy atom. The van der Waals surface area contributed by atoms with E-state index in [1.807, 2.05) is 29.2 Å². The molecular weight excluding hydrogens is 410 g/mol. The van der Waals surface area contributed by atoms with Gasteiger partial charge in [0.05, 0.1) is 23.4 Å². The van der Waals surface area contributed by atoms with Gasteiger partial charge >= 0.3 is 0 Å². The fourth-order valence-electron chi connectivity index (χ4n) is 3.78. The molecule has 0 atom stereocenters. The van der Waals surface area contributed by atoms with E-state index < -0.39 is 4.92 Å². The van der Waals surface area contributed by atoms with E-state index in [4.69, 9.17) is 4.74 Å². The number of piperazine rings is 1. The molecule has 0 saturated carbocycles. The summed E-state index contributed by atoms with van der Waals surface area (Å²) in [6.45, 7) is 6.04. The van der Waals surface area contributed by atoms with Gasteiger partial charge in [-0.25, -0.2) is 4.68 Å². The van der Waals surface area contributed by atoms with Crippen molar-refractivity contribution in [1.82, 2.24) is 19.6 Å². The molecule has 1 aliphatic heterocycles. The molecule has 1 aromatic heterocycles. The normalized spacial score (nSPS) is 14.4. The molecule has 3 aromatic rings. The highest BCUT2D eigenvalue weighted by molar-refractivity contribution is 5.94. The summed E-state index contributed by atoms with van der Waals surface area (Å²) in [5.74, 6) is 0.625. The monoisotopic (exact) mass is 435 g/mol. The fraction of sp³-hybridized carbons (Fsp3) is 0.304. The fourth-order valence-corrected chi connectivity index (χ4v) is 3.78. The number of carbonyl (C=O) groups excluding carboxylic acids is 1. The lowest BCUT2D eigenvalue weighted by molar-refractivity contribution is -0.384. The van der Waals surface area contributed by atoms with Crippen LogP contribution < -0.4 is 4.74 Å². The summed E-state index contributed by atoms with van der Waals surface area (Å²) in [5, 5.41) is 15.7. The van der Waals surface area contributed by atoms with Gasteiger partial charge in [0, 0.05) is 43.9 Å². The van der Waals surface area contributed by atoms with E-state index in [9.17, 15) is 14.9 Å². The van der Waals surface area contributed by atoms with Crippen LogP contribution in [-0.4, -0.2) is 70.2 Å². The summed E-state index contributed by atoms with van der Waals surface area (Å²) in [5.41, 5.74) is 2.48. The highest BCUT2D eigenvalue weighted by Gasteiger charge is 2.26. The molecule has 2 aromatic carbocycles. The maximum absolute atomic E-state index is 13.4. The number of rotatable bonds is 6. The second-order valence-corrected chi connectivity index (χ2v) is 7.56. The van der Waals surface area contributed by atoms with Crippen LogP contribution >= 0.6 is 0 Å². The van der Waals surface area contributed by atoms with E-state index in [2.05, 4.69) is 16.9 Å². The van der Waals surface area contributed by atoms with E-state index in [0.717, 1.165) is 30.9 Å². The maximum atomic E-state index is 13.4. The number of nitro groups is 1. The molecule has 2 heterocycles. The molecule has 166 valence electrons. The number of aromatic nitrogens is 2. The number of benzene rings is 2. The first-order chi connectivity index (χ1) is 15.5. The number of hydrogen-bond acceptors (Lipinski definition) is 6. The highest BCUT2D eigenvalue weighted by atomic mass is 16.6. The number of ether oxygens (including phenoxy) is 1. The van der Waals surface area contributed by atoms with Gasteiger partial charge in [-0.2, -0.15) is 5.10 Å². The molecule has 9 heteroatoms. The maximum Gasteiger partial charge on any atom is 0.272 e. The summed E-state index contributed by atoms with van der Waals surface area (Å²) in [7, 11) is 1.60. The van der Waals surface area contributed by atoms with Gasteiger partial charge < -0.3 is 14.5 Å². The number of carbonyl (C=O) groups is 1. The predicted molar refractivity (Wildman–Crippen MR) is 120 cm³/mol. The van der Waals surface area contributed by atoms with Gasteiger partial charge in [0.1, 0.15) is 11.4 Å². The van der Waals surface area contributed by atoms with Crippen molar-refractivity contribution < 1.29 is 14.5 Å². The minimum Gasteiger partial charge on any atom is -0.497 e. The molecular formula is C23H25N5O4. The quantitative estimate of drug-likeness (QED) is 0.436. The Labute approximate surface area is 186 Å². The van der Waals surface area contributed by atoms with Crippen LogP contribution in [0.2, 0.25) is 0 Å². The molecule has 32 heavy (non-hydrogen) atoms. The van der Waals surface area contributed by atoms with Crippen LogP contribution in [0.3, 0.4) is 0 Å². The number of methoxy groups -OCH3 is 1. The van der Waals surface area contributed by atoms with Crippen molar-refractivity contribution in [3.63, 3.8) is 0 Å². The average Bonchev–Trinajstić information content (AvgIpc) is 3.29.